The smallest absolute Gasteiger partial charge is 0.229 e. The largest absolute Gasteiger partial charge is 0.497 e. The zero-order valence-electron chi connectivity index (χ0n) is 18.2. The number of nitrogens with zero attached hydrogens (tertiary/aromatic N) is 3. The summed E-state index contributed by atoms with van der Waals surface area (Å²) in [6.45, 7) is 5.02. The van der Waals surface area contributed by atoms with Crippen molar-refractivity contribution in [1.82, 2.24) is 15.0 Å². The van der Waals surface area contributed by atoms with Gasteiger partial charge in [-0.05, 0) is 74.0 Å². The second-order valence-electron chi connectivity index (χ2n) is 9.50. The summed E-state index contributed by atoms with van der Waals surface area (Å²) in [6, 6.07) is 8.00. The van der Waals surface area contributed by atoms with Crippen molar-refractivity contribution in [2.45, 2.75) is 50.6 Å². The van der Waals surface area contributed by atoms with Gasteiger partial charge in [-0.15, -0.1) is 6.58 Å². The third kappa shape index (κ3) is 4.45. The minimum Gasteiger partial charge on any atom is -0.497 e. The lowest BCUT2D eigenvalue weighted by Crippen LogP contribution is -2.55. The van der Waals surface area contributed by atoms with Crippen molar-refractivity contribution in [3.8, 4) is 5.75 Å². The number of hydrogen-bond acceptors (Lipinski definition) is 7. The van der Waals surface area contributed by atoms with Crippen LogP contribution in [0.25, 0.3) is 0 Å². The molecule has 31 heavy (non-hydrogen) atoms. The van der Waals surface area contributed by atoms with Crippen LogP contribution in [0, 0.1) is 17.8 Å². The first-order chi connectivity index (χ1) is 15.1. The Morgan fingerprint density at radius 3 is 2.10 bits per heavy atom. The maximum atomic E-state index is 5.24. The first-order valence-corrected chi connectivity index (χ1v) is 11.4. The second-order valence-corrected chi connectivity index (χ2v) is 9.50. The summed E-state index contributed by atoms with van der Waals surface area (Å²) in [7, 11) is 1.67. The third-order valence-corrected chi connectivity index (χ3v) is 7.06. The number of anilines is 3. The highest BCUT2D eigenvalue weighted by Gasteiger charge is 2.51. The van der Waals surface area contributed by atoms with Crippen molar-refractivity contribution in [3.05, 3.63) is 42.5 Å². The monoisotopic (exact) mass is 420 g/mol. The van der Waals surface area contributed by atoms with Gasteiger partial charge in [0.2, 0.25) is 17.8 Å². The van der Waals surface area contributed by atoms with Crippen molar-refractivity contribution in [3.63, 3.8) is 0 Å². The average Bonchev–Trinajstić information content (AvgIpc) is 2.75. The maximum Gasteiger partial charge on any atom is 0.229 e. The van der Waals surface area contributed by atoms with Crippen LogP contribution in [0.5, 0.6) is 5.75 Å². The van der Waals surface area contributed by atoms with E-state index in [9.17, 15) is 0 Å². The number of nitrogens with one attached hydrogen (secondary N) is 3. The fourth-order valence-electron chi connectivity index (χ4n) is 6.18. The van der Waals surface area contributed by atoms with E-state index in [2.05, 4.69) is 32.5 Å². The molecule has 1 aromatic carbocycles. The summed E-state index contributed by atoms with van der Waals surface area (Å²) in [6.07, 6.45) is 9.79. The van der Waals surface area contributed by atoms with Crippen LogP contribution in [0.1, 0.15) is 44.1 Å². The molecule has 0 spiro atoms. The van der Waals surface area contributed by atoms with Gasteiger partial charge in [-0.1, -0.05) is 18.2 Å². The predicted molar refractivity (Wildman–Crippen MR) is 123 cm³/mol. The van der Waals surface area contributed by atoms with E-state index in [1.165, 1.54) is 38.5 Å². The van der Waals surface area contributed by atoms with Crippen LogP contribution in [0.4, 0.5) is 17.8 Å². The highest BCUT2D eigenvalue weighted by Crippen LogP contribution is 2.56. The molecule has 7 nitrogen and oxygen atoms in total. The van der Waals surface area contributed by atoms with Crippen LogP contribution in [0.2, 0.25) is 0 Å². The molecule has 1 aromatic heterocycles. The topological polar surface area (TPSA) is 84.0 Å². The van der Waals surface area contributed by atoms with Gasteiger partial charge in [0.05, 0.1) is 7.11 Å². The Labute approximate surface area is 184 Å². The van der Waals surface area contributed by atoms with E-state index in [1.54, 1.807) is 13.2 Å². The summed E-state index contributed by atoms with van der Waals surface area (Å²) >= 11 is 0. The summed E-state index contributed by atoms with van der Waals surface area (Å²) < 4.78 is 5.24. The Bertz CT molecular complexity index is 893. The van der Waals surface area contributed by atoms with Crippen LogP contribution >= 0.6 is 0 Å². The minimum atomic E-state index is 0.152. The lowest BCUT2D eigenvalue weighted by Gasteiger charge is -2.56. The van der Waals surface area contributed by atoms with E-state index in [4.69, 9.17) is 9.72 Å². The van der Waals surface area contributed by atoms with Crippen LogP contribution in [-0.4, -0.2) is 34.1 Å². The van der Waals surface area contributed by atoms with Crippen molar-refractivity contribution in [1.29, 1.82) is 0 Å². The molecule has 4 bridgehead atoms. The molecule has 4 fully saturated rings. The van der Waals surface area contributed by atoms with Crippen LogP contribution in [0.3, 0.4) is 0 Å². The van der Waals surface area contributed by atoms with Crippen LogP contribution in [0.15, 0.2) is 36.9 Å². The standard InChI is InChI=1S/C24H32N6O/c1-3-8-25-21-27-22(26-15-16-4-6-20(31-2)7-5-16)29-23(28-21)30-24-12-17-9-18(13-24)11-19(10-17)14-24/h3-7,17-19H,1,8-15H2,2H3,(H3,25,26,27,28,29,30). The number of aromatic nitrogens is 3. The number of hydrogen-bond donors (Lipinski definition) is 3. The van der Waals surface area contributed by atoms with Gasteiger partial charge in [-0.3, -0.25) is 0 Å². The summed E-state index contributed by atoms with van der Waals surface area (Å²) in [5, 5.41) is 10.3. The Hall–Kier alpha value is -2.83. The van der Waals surface area contributed by atoms with Gasteiger partial charge in [-0.25, -0.2) is 0 Å². The average molecular weight is 421 g/mol. The molecule has 0 saturated heterocycles. The van der Waals surface area contributed by atoms with Gasteiger partial charge < -0.3 is 20.7 Å². The lowest BCUT2D eigenvalue weighted by atomic mass is 9.53. The molecule has 4 aliphatic rings. The molecule has 0 unspecified atom stereocenters. The molecule has 0 aliphatic heterocycles. The molecule has 0 radical (unpaired) electrons. The maximum absolute atomic E-state index is 5.24. The van der Waals surface area contributed by atoms with Gasteiger partial charge in [0, 0.05) is 18.6 Å². The molecule has 2 aromatic rings. The van der Waals surface area contributed by atoms with Gasteiger partial charge in [0.25, 0.3) is 0 Å². The second kappa shape index (κ2) is 8.36. The van der Waals surface area contributed by atoms with E-state index in [0.29, 0.717) is 30.9 Å². The van der Waals surface area contributed by atoms with Gasteiger partial charge >= 0.3 is 0 Å². The van der Waals surface area contributed by atoms with Crippen molar-refractivity contribution >= 4 is 17.8 Å². The predicted octanol–water partition coefficient (Wildman–Crippen LogP) is 4.47. The Morgan fingerprint density at radius 2 is 1.52 bits per heavy atom. The van der Waals surface area contributed by atoms with Crippen molar-refractivity contribution in [2.24, 2.45) is 17.8 Å². The van der Waals surface area contributed by atoms with Gasteiger partial charge in [-0.2, -0.15) is 15.0 Å². The van der Waals surface area contributed by atoms with Crippen molar-refractivity contribution in [2.75, 3.05) is 29.6 Å². The van der Waals surface area contributed by atoms with E-state index >= 15 is 0 Å². The SMILES string of the molecule is C=CCNc1nc(NCc2ccc(OC)cc2)nc(NC23CC4CC(CC(C4)C2)C3)n1. The van der Waals surface area contributed by atoms with Gasteiger partial charge in [0.15, 0.2) is 0 Å². The van der Waals surface area contributed by atoms with Crippen LogP contribution in [-0.2, 0) is 6.54 Å². The Morgan fingerprint density at radius 1 is 0.935 bits per heavy atom. The van der Waals surface area contributed by atoms with Gasteiger partial charge in [0.1, 0.15) is 5.75 Å². The zero-order valence-corrected chi connectivity index (χ0v) is 18.2. The molecule has 7 heteroatoms. The first-order valence-electron chi connectivity index (χ1n) is 11.4. The van der Waals surface area contributed by atoms with E-state index in [-0.39, 0.29) is 5.54 Å². The molecule has 4 aliphatic carbocycles. The lowest BCUT2D eigenvalue weighted by molar-refractivity contribution is 0.0103. The van der Waals surface area contributed by atoms with E-state index in [1.807, 2.05) is 24.3 Å². The number of methoxy groups -OCH3 is 1. The molecule has 164 valence electrons. The quantitative estimate of drug-likeness (QED) is 0.516. The molecule has 4 saturated carbocycles. The number of rotatable bonds is 9. The van der Waals surface area contributed by atoms with Crippen LogP contribution < -0.4 is 20.7 Å². The van der Waals surface area contributed by atoms with E-state index in [0.717, 1.165) is 29.1 Å². The highest BCUT2D eigenvalue weighted by atomic mass is 16.5. The molecule has 0 atom stereocenters. The Balaban J connectivity index is 1.33. The molecule has 6 rings (SSSR count). The highest BCUT2D eigenvalue weighted by molar-refractivity contribution is 5.45. The molecule has 3 N–H and O–H groups in total. The molecule has 1 heterocycles. The fourth-order valence-corrected chi connectivity index (χ4v) is 6.18. The van der Waals surface area contributed by atoms with E-state index < -0.39 is 0 Å². The summed E-state index contributed by atoms with van der Waals surface area (Å²) in [5.74, 6) is 5.26. The van der Waals surface area contributed by atoms with Crippen molar-refractivity contribution < 1.29 is 4.74 Å². The molecular formula is C24H32N6O. The minimum absolute atomic E-state index is 0.152. The molecular weight excluding hydrogens is 388 g/mol. The number of benzene rings is 1. The molecule has 0 amide bonds. The zero-order chi connectivity index (χ0) is 21.3. The normalized spacial score (nSPS) is 28.2. The fraction of sp³-hybridized carbons (Fsp3) is 0.542. The third-order valence-electron chi connectivity index (χ3n) is 7.06. The Kier molecular flexibility index (Phi) is 5.42. The summed E-state index contributed by atoms with van der Waals surface area (Å²) in [4.78, 5) is 14.0. The number of ether oxygens (including phenoxy) is 1. The first kappa shape index (κ1) is 20.1. The summed E-state index contributed by atoms with van der Waals surface area (Å²) in [5.41, 5.74) is 1.29.